The molecule has 0 saturated carbocycles. The Morgan fingerprint density at radius 1 is 1.00 bits per heavy atom. The molecule has 0 radical (unpaired) electrons. The molecule has 5 heteroatoms. The van der Waals surface area contributed by atoms with Gasteiger partial charge in [-0.2, -0.15) is 0 Å². The van der Waals surface area contributed by atoms with Crippen LogP contribution in [0.3, 0.4) is 0 Å². The van der Waals surface area contributed by atoms with Crippen LogP contribution in [0.1, 0.15) is 51.8 Å². The lowest BCUT2D eigenvalue weighted by molar-refractivity contribution is -0.124. The zero-order valence-corrected chi connectivity index (χ0v) is 16.2. The Morgan fingerprint density at radius 3 is 2.08 bits per heavy atom. The van der Waals surface area contributed by atoms with Gasteiger partial charge in [0.1, 0.15) is 0 Å². The van der Waals surface area contributed by atoms with Crippen LogP contribution >= 0.6 is 0 Å². The molecule has 1 unspecified atom stereocenters. The van der Waals surface area contributed by atoms with Gasteiger partial charge >= 0.3 is 0 Å². The molecule has 1 atom stereocenters. The summed E-state index contributed by atoms with van der Waals surface area (Å²) in [6, 6.07) is 8.30. The number of hydrogen-bond donors (Lipinski definition) is 2. The van der Waals surface area contributed by atoms with Crippen molar-refractivity contribution in [1.82, 2.24) is 10.2 Å². The van der Waals surface area contributed by atoms with Crippen molar-refractivity contribution >= 4 is 11.8 Å². The summed E-state index contributed by atoms with van der Waals surface area (Å²) in [7, 11) is 0. The molecule has 1 aromatic carbocycles. The molecule has 0 bridgehead atoms. The minimum atomic E-state index is -0.415. The summed E-state index contributed by atoms with van der Waals surface area (Å²) in [5, 5.41) is 3.00. The van der Waals surface area contributed by atoms with Gasteiger partial charge in [0.15, 0.2) is 0 Å². The van der Waals surface area contributed by atoms with Crippen LogP contribution in [0.4, 0.5) is 0 Å². The molecular formula is C20H33N3O2. The molecule has 0 aromatic heterocycles. The van der Waals surface area contributed by atoms with Crippen LogP contribution in [0.15, 0.2) is 24.3 Å². The summed E-state index contributed by atoms with van der Waals surface area (Å²) >= 11 is 0. The van der Waals surface area contributed by atoms with E-state index in [-0.39, 0.29) is 25.0 Å². The van der Waals surface area contributed by atoms with Gasteiger partial charge in [-0.15, -0.1) is 0 Å². The number of hydrogen-bond acceptors (Lipinski definition) is 3. The predicted molar refractivity (Wildman–Crippen MR) is 102 cm³/mol. The van der Waals surface area contributed by atoms with E-state index < -0.39 is 5.91 Å². The molecule has 5 nitrogen and oxygen atoms in total. The molecule has 0 saturated heterocycles. The van der Waals surface area contributed by atoms with Crippen LogP contribution in [-0.2, 0) is 16.0 Å². The minimum absolute atomic E-state index is 0.0740. The Bertz CT molecular complexity index is 553. The van der Waals surface area contributed by atoms with E-state index in [0.717, 1.165) is 12.0 Å². The molecule has 0 fully saturated rings. The van der Waals surface area contributed by atoms with Crippen LogP contribution in [0, 0.1) is 11.8 Å². The fraction of sp³-hybridized carbons (Fsp3) is 0.600. The molecule has 2 amide bonds. The summed E-state index contributed by atoms with van der Waals surface area (Å²) in [4.78, 5) is 25.3. The monoisotopic (exact) mass is 347 g/mol. The molecule has 0 spiro atoms. The third kappa shape index (κ3) is 8.68. The van der Waals surface area contributed by atoms with Crippen LogP contribution < -0.4 is 11.1 Å². The van der Waals surface area contributed by atoms with Crippen molar-refractivity contribution in [3.8, 4) is 0 Å². The van der Waals surface area contributed by atoms with E-state index in [9.17, 15) is 9.59 Å². The average Bonchev–Trinajstić information content (AvgIpc) is 2.45. The molecule has 1 aromatic rings. The highest BCUT2D eigenvalue weighted by Gasteiger charge is 2.16. The lowest BCUT2D eigenvalue weighted by Crippen LogP contribution is -2.43. The van der Waals surface area contributed by atoms with Crippen molar-refractivity contribution < 1.29 is 9.59 Å². The van der Waals surface area contributed by atoms with Gasteiger partial charge < -0.3 is 11.1 Å². The van der Waals surface area contributed by atoms with Crippen molar-refractivity contribution in [3.63, 3.8) is 0 Å². The molecule has 0 aliphatic heterocycles. The maximum absolute atomic E-state index is 12.3. The molecular weight excluding hydrogens is 314 g/mol. The second kappa shape index (κ2) is 10.2. The van der Waals surface area contributed by atoms with Crippen LogP contribution in [0.25, 0.3) is 0 Å². The fourth-order valence-corrected chi connectivity index (χ4v) is 2.91. The minimum Gasteiger partial charge on any atom is -0.369 e. The topological polar surface area (TPSA) is 75.4 Å². The van der Waals surface area contributed by atoms with Crippen molar-refractivity contribution in [2.45, 2.75) is 47.1 Å². The van der Waals surface area contributed by atoms with E-state index in [1.807, 2.05) is 20.8 Å². The number of amides is 2. The number of carbonyl (C=O) groups is 2. The summed E-state index contributed by atoms with van der Waals surface area (Å²) in [6.45, 7) is 11.4. The number of primary amides is 1. The number of nitrogens with two attached hydrogens (primary N) is 1. The first-order chi connectivity index (χ1) is 11.7. The van der Waals surface area contributed by atoms with Crippen molar-refractivity contribution in [3.05, 3.63) is 35.4 Å². The Balaban J connectivity index is 2.60. The summed E-state index contributed by atoms with van der Waals surface area (Å²) in [6.07, 6.45) is 1.05. The molecule has 25 heavy (non-hydrogen) atoms. The highest BCUT2D eigenvalue weighted by Crippen LogP contribution is 2.15. The smallest absolute Gasteiger partial charge is 0.234 e. The molecule has 0 heterocycles. The SMILES string of the molecule is CC(C)Cc1ccc(C(C)NC(=O)CN(CC(N)=O)CC(C)C)cc1. The van der Waals surface area contributed by atoms with Crippen LogP contribution in [0.2, 0.25) is 0 Å². The zero-order valence-electron chi connectivity index (χ0n) is 16.2. The molecule has 3 N–H and O–H groups in total. The lowest BCUT2D eigenvalue weighted by Gasteiger charge is -2.23. The molecule has 140 valence electrons. The van der Waals surface area contributed by atoms with E-state index in [4.69, 9.17) is 5.73 Å². The first kappa shape index (κ1) is 21.2. The molecule has 1 rings (SSSR count). The first-order valence-electron chi connectivity index (χ1n) is 9.06. The van der Waals surface area contributed by atoms with Crippen molar-refractivity contribution in [1.29, 1.82) is 0 Å². The maximum atomic E-state index is 12.3. The van der Waals surface area contributed by atoms with Gasteiger partial charge in [0, 0.05) is 6.54 Å². The fourth-order valence-electron chi connectivity index (χ4n) is 2.91. The van der Waals surface area contributed by atoms with Gasteiger partial charge in [0.2, 0.25) is 11.8 Å². The maximum Gasteiger partial charge on any atom is 0.234 e. The number of rotatable bonds is 10. The summed E-state index contributed by atoms with van der Waals surface area (Å²) in [5.41, 5.74) is 7.66. The van der Waals surface area contributed by atoms with Crippen LogP contribution in [-0.4, -0.2) is 36.3 Å². The molecule has 0 aliphatic rings. The largest absolute Gasteiger partial charge is 0.369 e. The number of nitrogens with zero attached hydrogens (tertiary/aromatic N) is 1. The second-order valence-electron chi connectivity index (χ2n) is 7.66. The van der Waals surface area contributed by atoms with Gasteiger partial charge in [0.25, 0.3) is 0 Å². The predicted octanol–water partition coefficient (Wildman–Crippen LogP) is 2.51. The quantitative estimate of drug-likeness (QED) is 0.683. The standard InChI is InChI=1S/C20H33N3O2/c1-14(2)10-17-6-8-18(9-7-17)16(5)22-20(25)13-23(11-15(3)4)12-19(21)24/h6-9,14-16H,10-13H2,1-5H3,(H2,21,24)(H,22,25). The van der Waals surface area contributed by atoms with E-state index in [1.54, 1.807) is 4.90 Å². The first-order valence-corrected chi connectivity index (χ1v) is 9.06. The molecule has 0 aliphatic carbocycles. The third-order valence-corrected chi connectivity index (χ3v) is 3.87. The Hall–Kier alpha value is -1.88. The van der Waals surface area contributed by atoms with Gasteiger partial charge in [-0.3, -0.25) is 14.5 Å². The van der Waals surface area contributed by atoms with E-state index in [1.165, 1.54) is 5.56 Å². The van der Waals surface area contributed by atoms with Gasteiger partial charge in [-0.1, -0.05) is 52.0 Å². The van der Waals surface area contributed by atoms with Gasteiger partial charge in [-0.25, -0.2) is 0 Å². The Kier molecular flexibility index (Phi) is 8.62. The second-order valence-corrected chi connectivity index (χ2v) is 7.66. The number of carbonyl (C=O) groups excluding carboxylic acids is 2. The summed E-state index contributed by atoms with van der Waals surface area (Å²) in [5.74, 6) is 0.473. The van der Waals surface area contributed by atoms with E-state index in [2.05, 4.69) is 43.4 Å². The van der Waals surface area contributed by atoms with E-state index in [0.29, 0.717) is 18.4 Å². The highest BCUT2D eigenvalue weighted by molar-refractivity contribution is 5.80. The highest BCUT2D eigenvalue weighted by atomic mass is 16.2. The normalized spacial score (nSPS) is 12.6. The van der Waals surface area contributed by atoms with Crippen molar-refractivity contribution in [2.75, 3.05) is 19.6 Å². The van der Waals surface area contributed by atoms with Crippen molar-refractivity contribution in [2.24, 2.45) is 17.6 Å². The van der Waals surface area contributed by atoms with Gasteiger partial charge in [0.05, 0.1) is 19.1 Å². The Morgan fingerprint density at radius 2 is 1.60 bits per heavy atom. The third-order valence-electron chi connectivity index (χ3n) is 3.87. The zero-order chi connectivity index (χ0) is 19.0. The Labute approximate surface area is 152 Å². The van der Waals surface area contributed by atoms with E-state index >= 15 is 0 Å². The van der Waals surface area contributed by atoms with Gasteiger partial charge in [-0.05, 0) is 36.3 Å². The number of nitrogens with one attached hydrogen (secondary N) is 1. The van der Waals surface area contributed by atoms with Crippen LogP contribution in [0.5, 0.6) is 0 Å². The average molecular weight is 348 g/mol. The summed E-state index contributed by atoms with van der Waals surface area (Å²) < 4.78 is 0. The number of benzene rings is 1. The lowest BCUT2D eigenvalue weighted by atomic mass is 10.00.